The van der Waals surface area contributed by atoms with Crippen molar-refractivity contribution in [2.45, 2.75) is 38.4 Å². The third-order valence-corrected chi connectivity index (χ3v) is 4.57. The molecule has 1 fully saturated rings. The molecule has 146 valence electrons. The molecule has 6 nitrogen and oxygen atoms in total. The van der Waals surface area contributed by atoms with Crippen molar-refractivity contribution in [2.24, 2.45) is 0 Å². The number of halogens is 3. The van der Waals surface area contributed by atoms with Crippen LogP contribution >= 0.6 is 0 Å². The molecule has 0 bridgehead atoms. The summed E-state index contributed by atoms with van der Waals surface area (Å²) in [6, 6.07) is 9.23. The molecule has 4 rings (SSSR count). The van der Waals surface area contributed by atoms with Crippen LogP contribution in [-0.4, -0.2) is 26.6 Å². The second-order valence-electron chi connectivity index (χ2n) is 6.46. The van der Waals surface area contributed by atoms with E-state index in [0.29, 0.717) is 23.2 Å². The SMILES string of the molecule is Fc1ccc(-n2cc(COc3cccc(C4CCC4)n3)nn2)cc1OC(F)F. The maximum Gasteiger partial charge on any atom is 0.387 e. The van der Waals surface area contributed by atoms with Gasteiger partial charge in [0.15, 0.2) is 11.6 Å². The first-order valence-electron chi connectivity index (χ1n) is 8.84. The zero-order chi connectivity index (χ0) is 19.5. The molecule has 0 unspecified atom stereocenters. The third-order valence-electron chi connectivity index (χ3n) is 4.57. The Balaban J connectivity index is 1.43. The average molecular weight is 390 g/mol. The number of pyridine rings is 1. The van der Waals surface area contributed by atoms with E-state index in [1.54, 1.807) is 12.3 Å². The maximum absolute atomic E-state index is 13.5. The molecule has 0 saturated heterocycles. The lowest BCUT2D eigenvalue weighted by molar-refractivity contribution is -0.0521. The molecule has 0 atom stereocenters. The highest BCUT2D eigenvalue weighted by atomic mass is 19.3. The van der Waals surface area contributed by atoms with Crippen molar-refractivity contribution in [3.05, 3.63) is 59.8 Å². The van der Waals surface area contributed by atoms with Gasteiger partial charge in [-0.3, -0.25) is 0 Å². The summed E-state index contributed by atoms with van der Waals surface area (Å²) in [5.41, 5.74) is 1.88. The van der Waals surface area contributed by atoms with Crippen LogP contribution in [-0.2, 0) is 6.61 Å². The highest BCUT2D eigenvalue weighted by Crippen LogP contribution is 2.35. The smallest absolute Gasteiger partial charge is 0.387 e. The van der Waals surface area contributed by atoms with Crippen LogP contribution < -0.4 is 9.47 Å². The Morgan fingerprint density at radius 1 is 1.18 bits per heavy atom. The summed E-state index contributed by atoms with van der Waals surface area (Å²) in [5, 5.41) is 7.90. The summed E-state index contributed by atoms with van der Waals surface area (Å²) in [6.45, 7) is -2.98. The zero-order valence-corrected chi connectivity index (χ0v) is 14.8. The molecular weight excluding hydrogens is 373 g/mol. The van der Waals surface area contributed by atoms with Crippen molar-refractivity contribution in [3.8, 4) is 17.3 Å². The summed E-state index contributed by atoms with van der Waals surface area (Å²) < 4.78 is 49.4. The summed E-state index contributed by atoms with van der Waals surface area (Å²) in [6.07, 6.45) is 5.10. The van der Waals surface area contributed by atoms with Crippen LogP contribution in [0, 0.1) is 5.82 Å². The summed E-state index contributed by atoms with van der Waals surface area (Å²) in [4.78, 5) is 4.52. The van der Waals surface area contributed by atoms with E-state index in [1.165, 1.54) is 17.2 Å². The van der Waals surface area contributed by atoms with Gasteiger partial charge in [0.05, 0.1) is 11.9 Å². The number of alkyl halides is 2. The molecule has 0 radical (unpaired) electrons. The van der Waals surface area contributed by atoms with Gasteiger partial charge in [0.2, 0.25) is 5.88 Å². The Kier molecular flexibility index (Phi) is 5.14. The zero-order valence-electron chi connectivity index (χ0n) is 14.8. The number of benzene rings is 1. The van der Waals surface area contributed by atoms with E-state index < -0.39 is 18.2 Å². The van der Waals surface area contributed by atoms with Crippen molar-refractivity contribution >= 4 is 0 Å². The molecule has 0 aliphatic heterocycles. The van der Waals surface area contributed by atoms with Gasteiger partial charge in [0.25, 0.3) is 0 Å². The predicted molar refractivity (Wildman–Crippen MR) is 93.1 cm³/mol. The normalized spacial score (nSPS) is 14.1. The molecule has 1 aromatic carbocycles. The topological polar surface area (TPSA) is 62.1 Å². The molecule has 0 spiro atoms. The number of hydrogen-bond donors (Lipinski definition) is 0. The van der Waals surface area contributed by atoms with Crippen LogP contribution in [0.4, 0.5) is 13.2 Å². The van der Waals surface area contributed by atoms with Crippen LogP contribution in [0.3, 0.4) is 0 Å². The highest BCUT2D eigenvalue weighted by Gasteiger charge is 2.21. The van der Waals surface area contributed by atoms with Gasteiger partial charge < -0.3 is 9.47 Å². The van der Waals surface area contributed by atoms with Crippen LogP contribution in [0.25, 0.3) is 5.69 Å². The lowest BCUT2D eigenvalue weighted by atomic mass is 9.83. The van der Waals surface area contributed by atoms with Gasteiger partial charge in [-0.15, -0.1) is 5.10 Å². The van der Waals surface area contributed by atoms with E-state index in [9.17, 15) is 13.2 Å². The van der Waals surface area contributed by atoms with Gasteiger partial charge >= 0.3 is 6.61 Å². The van der Waals surface area contributed by atoms with Crippen LogP contribution in [0.5, 0.6) is 11.6 Å². The predicted octanol–water partition coefficient (Wildman–Crippen LogP) is 4.25. The first kappa shape index (κ1) is 18.3. The number of rotatable bonds is 7. The molecule has 1 aliphatic rings. The van der Waals surface area contributed by atoms with Gasteiger partial charge in [-0.05, 0) is 31.0 Å². The Bertz CT molecular complexity index is 960. The number of aromatic nitrogens is 4. The third kappa shape index (κ3) is 4.08. The van der Waals surface area contributed by atoms with Crippen molar-refractivity contribution < 1.29 is 22.6 Å². The van der Waals surface area contributed by atoms with E-state index in [2.05, 4.69) is 20.0 Å². The summed E-state index contributed by atoms with van der Waals surface area (Å²) in [7, 11) is 0. The molecule has 2 heterocycles. The Hall–Kier alpha value is -3.10. The van der Waals surface area contributed by atoms with Crippen LogP contribution in [0.15, 0.2) is 42.6 Å². The monoisotopic (exact) mass is 390 g/mol. The first-order chi connectivity index (χ1) is 13.6. The van der Waals surface area contributed by atoms with E-state index in [4.69, 9.17) is 4.74 Å². The molecule has 2 aromatic heterocycles. The first-order valence-corrected chi connectivity index (χ1v) is 8.84. The molecule has 3 aromatic rings. The van der Waals surface area contributed by atoms with Crippen molar-refractivity contribution in [2.75, 3.05) is 0 Å². The fraction of sp³-hybridized carbons (Fsp3) is 0.316. The van der Waals surface area contributed by atoms with Crippen molar-refractivity contribution in [1.82, 2.24) is 20.0 Å². The van der Waals surface area contributed by atoms with E-state index in [-0.39, 0.29) is 6.61 Å². The number of ether oxygens (including phenoxy) is 2. The van der Waals surface area contributed by atoms with Crippen molar-refractivity contribution in [3.63, 3.8) is 0 Å². The van der Waals surface area contributed by atoms with Crippen molar-refractivity contribution in [1.29, 1.82) is 0 Å². The molecule has 0 N–H and O–H groups in total. The molecule has 9 heteroatoms. The molecule has 0 amide bonds. The second kappa shape index (κ2) is 7.87. The quantitative estimate of drug-likeness (QED) is 0.604. The lowest BCUT2D eigenvalue weighted by Crippen LogP contribution is -2.11. The van der Waals surface area contributed by atoms with E-state index >= 15 is 0 Å². The Morgan fingerprint density at radius 2 is 2.04 bits per heavy atom. The largest absolute Gasteiger partial charge is 0.471 e. The van der Waals surface area contributed by atoms with E-state index in [0.717, 1.165) is 30.7 Å². The standard InChI is InChI=1S/C19H17F3N4O2/c20-15-8-7-14(9-17(15)28-19(21)22)26-10-13(24-25-26)11-27-18-6-2-5-16(23-18)12-3-1-4-12/h2,5-10,12,19H,1,3-4,11H2. The Labute approximate surface area is 158 Å². The van der Waals surface area contributed by atoms with Gasteiger partial charge in [-0.25, -0.2) is 14.1 Å². The van der Waals surface area contributed by atoms with Crippen LogP contribution in [0.2, 0.25) is 0 Å². The molecule has 1 aliphatic carbocycles. The van der Waals surface area contributed by atoms with E-state index in [1.807, 2.05) is 12.1 Å². The lowest BCUT2D eigenvalue weighted by Gasteiger charge is -2.24. The van der Waals surface area contributed by atoms with Gasteiger partial charge in [0, 0.05) is 23.7 Å². The van der Waals surface area contributed by atoms with Crippen LogP contribution in [0.1, 0.15) is 36.6 Å². The highest BCUT2D eigenvalue weighted by molar-refractivity contribution is 5.39. The minimum Gasteiger partial charge on any atom is -0.471 e. The summed E-state index contributed by atoms with van der Waals surface area (Å²) in [5.74, 6) is -0.427. The van der Waals surface area contributed by atoms with Gasteiger partial charge in [-0.2, -0.15) is 8.78 Å². The second-order valence-corrected chi connectivity index (χ2v) is 6.46. The average Bonchev–Trinajstić information content (AvgIpc) is 3.09. The number of nitrogens with zero attached hydrogens (tertiary/aromatic N) is 4. The summed E-state index contributed by atoms with van der Waals surface area (Å²) >= 11 is 0. The molecule has 28 heavy (non-hydrogen) atoms. The molecule has 1 saturated carbocycles. The van der Waals surface area contributed by atoms with Gasteiger partial charge in [-0.1, -0.05) is 17.7 Å². The maximum atomic E-state index is 13.5. The Morgan fingerprint density at radius 3 is 2.79 bits per heavy atom. The minimum atomic E-state index is -3.12. The fourth-order valence-corrected chi connectivity index (χ4v) is 2.90. The minimum absolute atomic E-state index is 0.142. The number of hydrogen-bond acceptors (Lipinski definition) is 5. The van der Waals surface area contributed by atoms with Gasteiger partial charge in [0.1, 0.15) is 12.3 Å². The fourth-order valence-electron chi connectivity index (χ4n) is 2.90. The molecular formula is C19H17F3N4O2.